The number of rotatable bonds is 5. The molecule has 0 saturated carbocycles. The van der Waals surface area contributed by atoms with E-state index in [1.54, 1.807) is 0 Å². The van der Waals surface area contributed by atoms with E-state index >= 15 is 0 Å². The lowest BCUT2D eigenvalue weighted by Gasteiger charge is -2.29. The molecule has 1 aromatic rings. The number of halogens is 5. The molecule has 150 valence electrons. The number of dihydropyridines is 1. The van der Waals surface area contributed by atoms with Gasteiger partial charge in [-0.2, -0.15) is 0 Å². The summed E-state index contributed by atoms with van der Waals surface area (Å²) >= 11 is 0. The van der Waals surface area contributed by atoms with E-state index in [0.29, 0.717) is 6.07 Å². The van der Waals surface area contributed by atoms with Crippen LogP contribution in [0.2, 0.25) is 0 Å². The third-order valence-corrected chi connectivity index (χ3v) is 4.50. The Morgan fingerprint density at radius 1 is 1.36 bits per heavy atom. The summed E-state index contributed by atoms with van der Waals surface area (Å²) in [4.78, 5) is 24.5. The quantitative estimate of drug-likeness (QED) is 0.605. The molecule has 0 aliphatic carbocycles. The van der Waals surface area contributed by atoms with Crippen LogP contribution in [0.4, 0.5) is 22.0 Å². The number of carbonyl (C=O) groups excluding carboxylic acids is 2. The molecule has 2 aliphatic heterocycles. The maximum Gasteiger partial charge on any atom is 0.337 e. The predicted molar refractivity (Wildman–Crippen MR) is 84.9 cm³/mol. The Morgan fingerprint density at radius 3 is 2.68 bits per heavy atom. The first-order chi connectivity index (χ1) is 13.3. The lowest BCUT2D eigenvalue weighted by Crippen LogP contribution is -2.32. The third kappa shape index (κ3) is 3.34. The van der Waals surface area contributed by atoms with Crippen LogP contribution in [-0.4, -0.2) is 38.8 Å². The molecule has 0 fully saturated rings. The summed E-state index contributed by atoms with van der Waals surface area (Å²) in [5.74, 6) is -5.90. The Kier molecular flexibility index (Phi) is 5.39. The average molecular weight is 403 g/mol. The molecule has 5 nitrogen and oxygen atoms in total. The van der Waals surface area contributed by atoms with Crippen LogP contribution in [0.1, 0.15) is 17.0 Å². The second kappa shape index (κ2) is 7.61. The van der Waals surface area contributed by atoms with Gasteiger partial charge in [0.1, 0.15) is 24.9 Å². The van der Waals surface area contributed by atoms with Gasteiger partial charge in [-0.25, -0.2) is 31.5 Å². The fraction of sp³-hybridized carbons (Fsp3) is 0.333. The zero-order valence-corrected chi connectivity index (χ0v) is 14.5. The van der Waals surface area contributed by atoms with Gasteiger partial charge in [0.15, 0.2) is 0 Å². The van der Waals surface area contributed by atoms with Crippen molar-refractivity contribution in [2.75, 3.05) is 20.4 Å². The highest BCUT2D eigenvalue weighted by Gasteiger charge is 2.44. The summed E-state index contributed by atoms with van der Waals surface area (Å²) in [6, 6.07) is 1.16. The number of esters is 2. The SMILES string of the molecule is COC(=O)C1=C(CF)NC2=C(C(=O)OC2)[C@H]1c1cc(F)cc(F)c1CC(F)F. The van der Waals surface area contributed by atoms with Crippen molar-refractivity contribution in [3.8, 4) is 0 Å². The van der Waals surface area contributed by atoms with Gasteiger partial charge >= 0.3 is 11.9 Å². The second-order valence-corrected chi connectivity index (χ2v) is 6.09. The molecule has 1 atom stereocenters. The highest BCUT2D eigenvalue weighted by atomic mass is 19.3. The van der Waals surface area contributed by atoms with E-state index in [0.717, 1.165) is 13.2 Å². The number of benzene rings is 1. The topological polar surface area (TPSA) is 64.6 Å². The minimum atomic E-state index is -2.99. The summed E-state index contributed by atoms with van der Waals surface area (Å²) in [7, 11) is 0.991. The molecule has 3 rings (SSSR count). The van der Waals surface area contributed by atoms with E-state index in [1.165, 1.54) is 0 Å². The predicted octanol–water partition coefficient (Wildman–Crippen LogP) is 2.67. The van der Waals surface area contributed by atoms with Gasteiger partial charge in [-0.3, -0.25) is 0 Å². The van der Waals surface area contributed by atoms with Crippen molar-refractivity contribution in [1.29, 1.82) is 0 Å². The lowest BCUT2D eigenvalue weighted by molar-refractivity contribution is -0.136. The molecule has 2 aliphatic rings. The Labute approximate surface area is 155 Å². The van der Waals surface area contributed by atoms with Crippen LogP contribution in [0.3, 0.4) is 0 Å². The van der Waals surface area contributed by atoms with Gasteiger partial charge in [0, 0.05) is 12.5 Å². The normalized spacial score (nSPS) is 19.0. The minimum Gasteiger partial charge on any atom is -0.466 e. The van der Waals surface area contributed by atoms with E-state index in [9.17, 15) is 31.5 Å². The van der Waals surface area contributed by atoms with Crippen LogP contribution >= 0.6 is 0 Å². The lowest BCUT2D eigenvalue weighted by atomic mass is 9.78. The maximum atomic E-state index is 14.3. The summed E-state index contributed by atoms with van der Waals surface area (Å²) in [6.07, 6.45) is -4.08. The molecule has 0 unspecified atom stereocenters. The molecule has 0 aromatic heterocycles. The smallest absolute Gasteiger partial charge is 0.337 e. The van der Waals surface area contributed by atoms with Crippen molar-refractivity contribution >= 4 is 11.9 Å². The Morgan fingerprint density at radius 2 is 2.07 bits per heavy atom. The summed E-state index contributed by atoms with van der Waals surface area (Å²) < 4.78 is 77.4. The van der Waals surface area contributed by atoms with Crippen molar-refractivity contribution in [3.63, 3.8) is 0 Å². The Balaban J connectivity index is 2.31. The van der Waals surface area contributed by atoms with Crippen molar-refractivity contribution in [2.45, 2.75) is 18.8 Å². The molecule has 0 amide bonds. The maximum absolute atomic E-state index is 14.3. The van der Waals surface area contributed by atoms with Crippen LogP contribution in [0.25, 0.3) is 0 Å². The minimum absolute atomic E-state index is 0.0861. The van der Waals surface area contributed by atoms with Crippen LogP contribution in [-0.2, 0) is 25.5 Å². The number of hydrogen-bond donors (Lipinski definition) is 1. The van der Waals surface area contributed by atoms with Crippen LogP contribution in [0.15, 0.2) is 34.7 Å². The fourth-order valence-electron chi connectivity index (χ4n) is 3.40. The Hall–Kier alpha value is -2.91. The number of methoxy groups -OCH3 is 1. The highest BCUT2D eigenvalue weighted by Crippen LogP contribution is 2.43. The number of carbonyl (C=O) groups is 2. The number of alkyl halides is 3. The largest absolute Gasteiger partial charge is 0.466 e. The monoisotopic (exact) mass is 403 g/mol. The van der Waals surface area contributed by atoms with Gasteiger partial charge in [-0.1, -0.05) is 0 Å². The zero-order valence-electron chi connectivity index (χ0n) is 14.5. The highest BCUT2D eigenvalue weighted by molar-refractivity contribution is 6.01. The summed E-state index contributed by atoms with van der Waals surface area (Å²) in [6.45, 7) is -1.49. The van der Waals surface area contributed by atoms with E-state index in [2.05, 4.69) is 10.1 Å². The molecule has 1 aromatic carbocycles. The molecule has 0 bridgehead atoms. The van der Waals surface area contributed by atoms with Crippen molar-refractivity contribution in [3.05, 3.63) is 57.4 Å². The molecule has 1 N–H and O–H groups in total. The second-order valence-electron chi connectivity index (χ2n) is 6.09. The van der Waals surface area contributed by atoms with Gasteiger partial charge in [0.05, 0.1) is 35.6 Å². The molecule has 0 radical (unpaired) electrons. The number of cyclic esters (lactones) is 1. The zero-order chi connectivity index (χ0) is 20.6. The molecule has 28 heavy (non-hydrogen) atoms. The number of allylic oxidation sites excluding steroid dienone is 1. The molecular formula is C18H14F5NO4. The molecule has 0 spiro atoms. The standard InChI is InChI=1S/C18H14F5NO4/c1-27-17(25)15-11(5-19)24-12-6-28-18(26)16(12)14(15)9-2-7(20)3-10(21)8(9)4-13(22)23/h2-3,13-14,24H,4-6H2,1H3/t14-/m0/s1. The molecule has 0 saturated heterocycles. The third-order valence-electron chi connectivity index (χ3n) is 4.50. The van der Waals surface area contributed by atoms with Gasteiger partial charge in [0.25, 0.3) is 0 Å². The van der Waals surface area contributed by atoms with Gasteiger partial charge in [0.2, 0.25) is 6.43 Å². The van der Waals surface area contributed by atoms with E-state index in [4.69, 9.17) is 4.74 Å². The Bertz CT molecular complexity index is 909. The first kappa shape index (κ1) is 19.8. The number of nitrogens with one attached hydrogen (secondary N) is 1. The van der Waals surface area contributed by atoms with Crippen molar-refractivity contribution in [2.24, 2.45) is 0 Å². The molecular weight excluding hydrogens is 389 g/mol. The molecule has 2 heterocycles. The van der Waals surface area contributed by atoms with E-state index in [-0.39, 0.29) is 23.6 Å². The van der Waals surface area contributed by atoms with Gasteiger partial charge < -0.3 is 14.8 Å². The summed E-state index contributed by atoms with van der Waals surface area (Å²) in [5.41, 5.74) is -1.85. The van der Waals surface area contributed by atoms with Crippen LogP contribution in [0, 0.1) is 11.6 Å². The number of ether oxygens (including phenoxy) is 2. The van der Waals surface area contributed by atoms with Crippen molar-refractivity contribution < 1.29 is 41.0 Å². The average Bonchev–Trinajstić information content (AvgIpc) is 3.02. The van der Waals surface area contributed by atoms with E-state index < -0.39 is 65.7 Å². The first-order valence-corrected chi connectivity index (χ1v) is 8.08. The summed E-state index contributed by atoms with van der Waals surface area (Å²) in [5, 5.41) is 2.55. The van der Waals surface area contributed by atoms with Gasteiger partial charge in [-0.15, -0.1) is 0 Å². The fourth-order valence-corrected chi connectivity index (χ4v) is 3.40. The van der Waals surface area contributed by atoms with Crippen LogP contribution in [0.5, 0.6) is 0 Å². The number of hydrogen-bond acceptors (Lipinski definition) is 5. The molecule has 10 heteroatoms. The van der Waals surface area contributed by atoms with Crippen LogP contribution < -0.4 is 5.32 Å². The van der Waals surface area contributed by atoms with Crippen molar-refractivity contribution in [1.82, 2.24) is 5.32 Å². The van der Waals surface area contributed by atoms with Gasteiger partial charge in [-0.05, 0) is 17.2 Å². The first-order valence-electron chi connectivity index (χ1n) is 8.08. The van der Waals surface area contributed by atoms with E-state index in [1.807, 2.05) is 0 Å².